The van der Waals surface area contributed by atoms with Crippen LogP contribution in [0.25, 0.3) is 32.6 Å². The summed E-state index contributed by atoms with van der Waals surface area (Å²) in [6.45, 7) is 5.80. The summed E-state index contributed by atoms with van der Waals surface area (Å²) in [7, 11) is 0. The van der Waals surface area contributed by atoms with Crippen LogP contribution in [-0.4, -0.2) is 21.5 Å². The lowest BCUT2D eigenvalue weighted by molar-refractivity contribution is -0.157. The molecule has 35 heavy (non-hydrogen) atoms. The number of nitrogens with zero attached hydrogens (tertiary/aromatic N) is 2. The number of carbonyl (C=O) groups excluding carboxylic acids is 1. The molecule has 0 saturated heterocycles. The molecule has 0 saturated carbocycles. The van der Waals surface area contributed by atoms with Gasteiger partial charge in [-0.15, -0.1) is 0 Å². The van der Waals surface area contributed by atoms with Gasteiger partial charge in [0.2, 0.25) is 0 Å². The molecule has 0 radical (unpaired) electrons. The van der Waals surface area contributed by atoms with Gasteiger partial charge in [-0.3, -0.25) is 4.79 Å². The molecule has 4 heteroatoms. The van der Waals surface area contributed by atoms with E-state index in [1.54, 1.807) is 12.4 Å². The molecular weight excluding hydrogens is 432 g/mol. The molecule has 0 aliphatic heterocycles. The average Bonchev–Trinajstić information content (AvgIpc) is 2.87. The summed E-state index contributed by atoms with van der Waals surface area (Å²) < 4.78 is 5.68. The fraction of sp³-hybridized carbons (Fsp3) is 0.258. The molecule has 1 aliphatic carbocycles. The van der Waals surface area contributed by atoms with Crippen LogP contribution in [0.4, 0.5) is 0 Å². The number of pyridine rings is 2. The van der Waals surface area contributed by atoms with Crippen molar-refractivity contribution >= 4 is 38.5 Å². The Hall–Kier alpha value is -3.79. The van der Waals surface area contributed by atoms with Crippen LogP contribution >= 0.6 is 0 Å². The van der Waals surface area contributed by atoms with Gasteiger partial charge >= 0.3 is 5.97 Å². The van der Waals surface area contributed by atoms with Gasteiger partial charge in [0.1, 0.15) is 5.60 Å². The molecule has 3 aromatic carbocycles. The van der Waals surface area contributed by atoms with E-state index in [1.165, 1.54) is 27.1 Å². The molecule has 0 N–H and O–H groups in total. The third-order valence-electron chi connectivity index (χ3n) is 6.44. The zero-order valence-corrected chi connectivity index (χ0v) is 20.5. The van der Waals surface area contributed by atoms with E-state index in [4.69, 9.17) is 4.74 Å². The molecule has 1 aliphatic rings. The van der Waals surface area contributed by atoms with Crippen molar-refractivity contribution in [3.8, 4) is 0 Å². The highest BCUT2D eigenvalue weighted by atomic mass is 16.6. The molecule has 0 fully saturated rings. The molecule has 0 amide bonds. The van der Waals surface area contributed by atoms with Gasteiger partial charge in [-0.05, 0) is 97.0 Å². The molecule has 2 aromatic heterocycles. The minimum absolute atomic E-state index is 0.0893. The molecule has 0 spiro atoms. The van der Waals surface area contributed by atoms with Crippen LogP contribution in [0.2, 0.25) is 0 Å². The van der Waals surface area contributed by atoms with Crippen molar-refractivity contribution in [3.05, 3.63) is 96.3 Å². The lowest BCUT2D eigenvalue weighted by atomic mass is 9.80. The van der Waals surface area contributed by atoms with Gasteiger partial charge in [0.15, 0.2) is 5.65 Å². The predicted octanol–water partition coefficient (Wildman–Crippen LogP) is 7.38. The van der Waals surface area contributed by atoms with Crippen LogP contribution in [0.3, 0.4) is 0 Å². The Morgan fingerprint density at radius 1 is 0.800 bits per heavy atom. The standard InChI is InChI=1S/C23H24O2.C8H6N2/c1-23(2,3)25-22(24)21-10-6-9-17-19-12-11-15-7-4-5-8-16(15)18(19)13-14-20(17)21;1-3-7-4-2-6-10-8(7)9-5-1/h4-5,7-8,11-14,21H,6,9-10H2,1-3H3;1-6H. The average molecular weight is 463 g/mol. The van der Waals surface area contributed by atoms with E-state index in [9.17, 15) is 4.79 Å². The van der Waals surface area contributed by atoms with Gasteiger partial charge in [-0.2, -0.15) is 0 Å². The summed E-state index contributed by atoms with van der Waals surface area (Å²) in [5.74, 6) is -0.229. The maximum Gasteiger partial charge on any atom is 0.313 e. The maximum absolute atomic E-state index is 12.7. The van der Waals surface area contributed by atoms with Gasteiger partial charge in [-0.1, -0.05) is 48.5 Å². The van der Waals surface area contributed by atoms with E-state index in [1.807, 2.05) is 45.0 Å². The highest BCUT2D eigenvalue weighted by Gasteiger charge is 2.31. The summed E-state index contributed by atoms with van der Waals surface area (Å²) in [5, 5.41) is 6.19. The molecule has 0 bridgehead atoms. The van der Waals surface area contributed by atoms with Crippen LogP contribution in [0, 0.1) is 0 Å². The number of ether oxygens (including phenoxy) is 1. The Labute approximate surface area is 206 Å². The summed E-state index contributed by atoms with van der Waals surface area (Å²) in [5.41, 5.74) is 2.85. The predicted molar refractivity (Wildman–Crippen MR) is 143 cm³/mol. The van der Waals surface area contributed by atoms with E-state index in [-0.39, 0.29) is 11.9 Å². The van der Waals surface area contributed by atoms with Gasteiger partial charge in [0.25, 0.3) is 0 Å². The molecule has 2 heterocycles. The number of aryl methyl sites for hydroxylation is 1. The third-order valence-corrected chi connectivity index (χ3v) is 6.44. The van der Waals surface area contributed by atoms with Gasteiger partial charge in [0, 0.05) is 17.8 Å². The number of benzene rings is 3. The van der Waals surface area contributed by atoms with Crippen molar-refractivity contribution in [3.63, 3.8) is 0 Å². The Kier molecular flexibility index (Phi) is 6.21. The second kappa shape index (κ2) is 9.46. The molecule has 4 nitrogen and oxygen atoms in total. The summed E-state index contributed by atoms with van der Waals surface area (Å²) in [6.07, 6.45) is 6.43. The minimum atomic E-state index is -0.443. The Bertz CT molecular complexity index is 1450. The molecule has 5 aromatic rings. The van der Waals surface area contributed by atoms with Crippen molar-refractivity contribution in [2.24, 2.45) is 0 Å². The Morgan fingerprint density at radius 2 is 1.49 bits per heavy atom. The van der Waals surface area contributed by atoms with E-state index in [0.717, 1.165) is 35.9 Å². The number of aromatic nitrogens is 2. The Morgan fingerprint density at radius 3 is 2.20 bits per heavy atom. The lowest BCUT2D eigenvalue weighted by Crippen LogP contribution is -2.29. The van der Waals surface area contributed by atoms with Crippen molar-refractivity contribution in [2.75, 3.05) is 0 Å². The van der Waals surface area contributed by atoms with E-state index < -0.39 is 5.60 Å². The first kappa shape index (κ1) is 23.0. The number of rotatable bonds is 1. The van der Waals surface area contributed by atoms with Gasteiger partial charge in [0.05, 0.1) is 5.92 Å². The van der Waals surface area contributed by atoms with E-state index in [2.05, 4.69) is 58.5 Å². The topological polar surface area (TPSA) is 52.1 Å². The van der Waals surface area contributed by atoms with Crippen LogP contribution in [0.15, 0.2) is 85.2 Å². The van der Waals surface area contributed by atoms with E-state index in [0.29, 0.717) is 0 Å². The second-order valence-corrected chi connectivity index (χ2v) is 10.0. The smallest absolute Gasteiger partial charge is 0.313 e. The van der Waals surface area contributed by atoms with Crippen LogP contribution in [0.5, 0.6) is 0 Å². The monoisotopic (exact) mass is 462 g/mol. The van der Waals surface area contributed by atoms with Gasteiger partial charge < -0.3 is 4.74 Å². The van der Waals surface area contributed by atoms with Crippen molar-refractivity contribution in [2.45, 2.75) is 51.6 Å². The first-order valence-electron chi connectivity index (χ1n) is 12.2. The summed E-state index contributed by atoms with van der Waals surface area (Å²) >= 11 is 0. The minimum Gasteiger partial charge on any atom is -0.459 e. The highest BCUT2D eigenvalue weighted by Crippen LogP contribution is 2.39. The first-order chi connectivity index (χ1) is 16.9. The van der Waals surface area contributed by atoms with Crippen LogP contribution in [0.1, 0.15) is 50.7 Å². The quantitative estimate of drug-likeness (QED) is 0.193. The maximum atomic E-state index is 12.7. The molecule has 1 atom stereocenters. The number of hydrogen-bond acceptors (Lipinski definition) is 4. The zero-order chi connectivity index (χ0) is 24.4. The number of hydrogen-bond donors (Lipinski definition) is 0. The zero-order valence-electron chi connectivity index (χ0n) is 20.5. The molecule has 176 valence electrons. The fourth-order valence-corrected chi connectivity index (χ4v) is 4.94. The van der Waals surface area contributed by atoms with Crippen LogP contribution < -0.4 is 0 Å². The number of carbonyl (C=O) groups is 1. The Balaban J connectivity index is 0.000000211. The normalized spacial score (nSPS) is 15.3. The number of fused-ring (bicyclic) bond motifs is 6. The van der Waals surface area contributed by atoms with Gasteiger partial charge in [-0.25, -0.2) is 9.97 Å². The summed E-state index contributed by atoms with van der Waals surface area (Å²) in [4.78, 5) is 20.8. The van der Waals surface area contributed by atoms with Crippen molar-refractivity contribution < 1.29 is 9.53 Å². The molecule has 1 unspecified atom stereocenters. The third kappa shape index (κ3) is 4.88. The van der Waals surface area contributed by atoms with Crippen LogP contribution in [-0.2, 0) is 16.0 Å². The molecule has 6 rings (SSSR count). The van der Waals surface area contributed by atoms with Crippen molar-refractivity contribution in [1.29, 1.82) is 0 Å². The lowest BCUT2D eigenvalue weighted by Gasteiger charge is -2.29. The number of esters is 1. The first-order valence-corrected chi connectivity index (χ1v) is 12.2. The largest absolute Gasteiger partial charge is 0.459 e. The van der Waals surface area contributed by atoms with E-state index >= 15 is 0 Å². The second-order valence-electron chi connectivity index (χ2n) is 10.0. The highest BCUT2D eigenvalue weighted by molar-refractivity contribution is 6.09. The SMILES string of the molecule is CC(C)(C)OC(=O)C1CCCc2c1ccc1c2ccc2ccccc21.c1cnc2ncccc2c1. The summed E-state index contributed by atoms with van der Waals surface area (Å²) in [6, 6.07) is 25.0. The van der Waals surface area contributed by atoms with Crippen molar-refractivity contribution in [1.82, 2.24) is 9.97 Å². The fourth-order valence-electron chi connectivity index (χ4n) is 4.94. The molecular formula is C31H30N2O2.